The SMILES string of the molecule is COc1ccccc1CN1CC(=O)N2CC(c3cccc(OC)c3OC)c3c([nH]c4ccccc34)C2(C)C1=O. The fraction of sp³-hybridized carbons (Fsp3) is 0.290. The van der Waals surface area contributed by atoms with Gasteiger partial charge >= 0.3 is 0 Å². The summed E-state index contributed by atoms with van der Waals surface area (Å²) in [6, 6.07) is 21.4. The number of piperazine rings is 1. The summed E-state index contributed by atoms with van der Waals surface area (Å²) < 4.78 is 16.9. The van der Waals surface area contributed by atoms with E-state index in [1.807, 2.05) is 67.6 Å². The normalized spacial score (nSPS) is 20.6. The lowest BCUT2D eigenvalue weighted by molar-refractivity contribution is -0.167. The fourth-order valence-corrected chi connectivity index (χ4v) is 6.31. The molecule has 6 rings (SSSR count). The van der Waals surface area contributed by atoms with Crippen LogP contribution < -0.4 is 14.2 Å². The van der Waals surface area contributed by atoms with Crippen molar-refractivity contribution in [2.75, 3.05) is 34.4 Å². The van der Waals surface area contributed by atoms with Gasteiger partial charge in [0.2, 0.25) is 5.91 Å². The number of amides is 2. The predicted octanol–water partition coefficient (Wildman–Crippen LogP) is 4.43. The number of hydrogen-bond acceptors (Lipinski definition) is 5. The van der Waals surface area contributed by atoms with Crippen LogP contribution in [0.15, 0.2) is 66.7 Å². The zero-order valence-electron chi connectivity index (χ0n) is 22.5. The van der Waals surface area contributed by atoms with Crippen molar-refractivity contribution in [2.45, 2.75) is 24.9 Å². The minimum absolute atomic E-state index is 0.00992. The molecule has 200 valence electrons. The van der Waals surface area contributed by atoms with Gasteiger partial charge in [0.1, 0.15) is 12.3 Å². The fourth-order valence-electron chi connectivity index (χ4n) is 6.31. The van der Waals surface area contributed by atoms with Crippen LogP contribution in [0.4, 0.5) is 0 Å². The Morgan fingerprint density at radius 2 is 1.62 bits per heavy atom. The number of fused-ring (bicyclic) bond motifs is 5. The first kappa shape index (κ1) is 24.9. The first-order valence-electron chi connectivity index (χ1n) is 13.0. The summed E-state index contributed by atoms with van der Waals surface area (Å²) in [5.74, 6) is 1.46. The Hall–Kier alpha value is -4.46. The van der Waals surface area contributed by atoms with E-state index in [2.05, 4.69) is 11.1 Å². The Bertz CT molecular complexity index is 1590. The molecule has 1 saturated heterocycles. The molecule has 0 radical (unpaired) electrons. The summed E-state index contributed by atoms with van der Waals surface area (Å²) in [5, 5.41) is 1.02. The summed E-state index contributed by atoms with van der Waals surface area (Å²) in [6.45, 7) is 2.46. The van der Waals surface area contributed by atoms with E-state index >= 15 is 0 Å². The van der Waals surface area contributed by atoms with Gasteiger partial charge in [0.25, 0.3) is 5.91 Å². The summed E-state index contributed by atoms with van der Waals surface area (Å²) >= 11 is 0. The van der Waals surface area contributed by atoms with E-state index < -0.39 is 5.54 Å². The summed E-state index contributed by atoms with van der Waals surface area (Å²) in [7, 11) is 4.84. The van der Waals surface area contributed by atoms with Crippen LogP contribution in [0.5, 0.6) is 17.2 Å². The lowest BCUT2D eigenvalue weighted by Crippen LogP contribution is -2.67. The molecule has 0 saturated carbocycles. The Morgan fingerprint density at radius 1 is 0.897 bits per heavy atom. The molecule has 2 aliphatic heterocycles. The number of benzene rings is 3. The van der Waals surface area contributed by atoms with E-state index in [-0.39, 0.29) is 30.8 Å². The van der Waals surface area contributed by atoms with Crippen LogP contribution in [0, 0.1) is 0 Å². The van der Waals surface area contributed by atoms with Crippen LogP contribution in [0.2, 0.25) is 0 Å². The van der Waals surface area contributed by atoms with Crippen LogP contribution >= 0.6 is 0 Å². The number of nitrogens with zero attached hydrogens (tertiary/aromatic N) is 2. The molecule has 2 aliphatic rings. The Kier molecular flexibility index (Phi) is 5.98. The number of carbonyl (C=O) groups is 2. The second-order valence-corrected chi connectivity index (χ2v) is 10.1. The molecule has 2 unspecified atom stereocenters. The number of rotatable bonds is 6. The molecule has 0 aliphatic carbocycles. The summed E-state index contributed by atoms with van der Waals surface area (Å²) in [5.41, 5.74) is 3.20. The van der Waals surface area contributed by atoms with E-state index in [9.17, 15) is 9.59 Å². The third kappa shape index (κ3) is 3.66. The molecule has 1 fully saturated rings. The van der Waals surface area contributed by atoms with E-state index in [1.165, 1.54) is 0 Å². The zero-order valence-corrected chi connectivity index (χ0v) is 22.5. The van der Waals surface area contributed by atoms with Crippen LogP contribution in [-0.4, -0.2) is 61.0 Å². The molecule has 3 heterocycles. The molecule has 0 spiro atoms. The van der Waals surface area contributed by atoms with Gasteiger partial charge in [0.15, 0.2) is 17.0 Å². The average molecular weight is 526 g/mol. The first-order chi connectivity index (χ1) is 18.9. The van der Waals surface area contributed by atoms with Crippen LogP contribution in [0.25, 0.3) is 10.9 Å². The summed E-state index contributed by atoms with van der Waals surface area (Å²) in [6.07, 6.45) is 0. The number of aromatic nitrogens is 1. The average Bonchev–Trinajstić information content (AvgIpc) is 3.36. The van der Waals surface area contributed by atoms with Gasteiger partial charge in [-0.05, 0) is 30.7 Å². The molecule has 2 amide bonds. The molecule has 8 nitrogen and oxygen atoms in total. The van der Waals surface area contributed by atoms with Crippen molar-refractivity contribution in [1.82, 2.24) is 14.8 Å². The minimum Gasteiger partial charge on any atom is -0.496 e. The van der Waals surface area contributed by atoms with Gasteiger partial charge < -0.3 is 29.0 Å². The van der Waals surface area contributed by atoms with E-state index in [4.69, 9.17) is 14.2 Å². The van der Waals surface area contributed by atoms with Gasteiger partial charge in [0, 0.05) is 41.0 Å². The molecule has 39 heavy (non-hydrogen) atoms. The predicted molar refractivity (Wildman–Crippen MR) is 147 cm³/mol. The molecule has 2 atom stereocenters. The largest absolute Gasteiger partial charge is 0.496 e. The van der Waals surface area contributed by atoms with Crippen molar-refractivity contribution in [2.24, 2.45) is 0 Å². The molecule has 3 aromatic carbocycles. The highest BCUT2D eigenvalue weighted by atomic mass is 16.5. The molecule has 4 aromatic rings. The van der Waals surface area contributed by atoms with Gasteiger partial charge in [-0.15, -0.1) is 0 Å². The van der Waals surface area contributed by atoms with Crippen molar-refractivity contribution >= 4 is 22.7 Å². The number of carbonyl (C=O) groups excluding carboxylic acids is 2. The van der Waals surface area contributed by atoms with Crippen LogP contribution in [0.1, 0.15) is 35.2 Å². The van der Waals surface area contributed by atoms with E-state index in [0.29, 0.717) is 23.8 Å². The first-order valence-corrected chi connectivity index (χ1v) is 13.0. The highest BCUT2D eigenvalue weighted by Crippen LogP contribution is 2.50. The highest BCUT2D eigenvalue weighted by Gasteiger charge is 2.56. The lowest BCUT2D eigenvalue weighted by atomic mass is 9.76. The van der Waals surface area contributed by atoms with E-state index in [0.717, 1.165) is 33.3 Å². The maximum atomic E-state index is 14.4. The van der Waals surface area contributed by atoms with Gasteiger partial charge in [-0.2, -0.15) is 0 Å². The zero-order chi connectivity index (χ0) is 27.3. The Balaban J connectivity index is 1.52. The topological polar surface area (TPSA) is 84.1 Å². The lowest BCUT2D eigenvalue weighted by Gasteiger charge is -2.51. The molecule has 8 heteroatoms. The number of H-pyrrole nitrogens is 1. The van der Waals surface area contributed by atoms with Gasteiger partial charge in [-0.1, -0.05) is 48.5 Å². The third-order valence-electron chi connectivity index (χ3n) is 8.18. The number of methoxy groups -OCH3 is 3. The third-order valence-corrected chi connectivity index (χ3v) is 8.18. The van der Waals surface area contributed by atoms with Crippen LogP contribution in [-0.2, 0) is 21.7 Å². The molecular weight excluding hydrogens is 494 g/mol. The standard InChI is InChI=1S/C31H31N3O5/c1-31-29-27(21-11-6-7-13-23(21)32-29)22(20-12-9-15-25(38-3)28(20)39-4)17-34(31)26(35)18-33(30(31)36)16-19-10-5-8-14-24(19)37-2/h5-15,22,32H,16-18H2,1-4H3. The van der Waals surface area contributed by atoms with Crippen molar-refractivity contribution in [3.05, 3.63) is 89.1 Å². The summed E-state index contributed by atoms with van der Waals surface area (Å²) in [4.78, 5) is 35.1. The monoisotopic (exact) mass is 525 g/mol. The number of hydrogen-bond donors (Lipinski definition) is 1. The number of aromatic amines is 1. The van der Waals surface area contributed by atoms with Crippen molar-refractivity contribution in [3.8, 4) is 17.2 Å². The molecular formula is C31H31N3O5. The van der Waals surface area contributed by atoms with Gasteiger partial charge in [-0.3, -0.25) is 9.59 Å². The highest BCUT2D eigenvalue weighted by molar-refractivity contribution is 6.01. The van der Waals surface area contributed by atoms with E-state index in [1.54, 1.807) is 31.1 Å². The Labute approximate surface area is 227 Å². The smallest absolute Gasteiger partial charge is 0.255 e. The number of para-hydroxylation sites is 3. The van der Waals surface area contributed by atoms with Gasteiger partial charge in [0.05, 0.1) is 27.0 Å². The van der Waals surface area contributed by atoms with Crippen molar-refractivity contribution in [1.29, 1.82) is 0 Å². The number of ether oxygens (including phenoxy) is 3. The quantitative estimate of drug-likeness (QED) is 0.403. The van der Waals surface area contributed by atoms with Crippen molar-refractivity contribution < 1.29 is 23.8 Å². The van der Waals surface area contributed by atoms with Crippen LogP contribution in [0.3, 0.4) is 0 Å². The minimum atomic E-state index is -1.20. The molecule has 1 N–H and O–H groups in total. The van der Waals surface area contributed by atoms with Gasteiger partial charge in [-0.25, -0.2) is 0 Å². The number of nitrogens with one attached hydrogen (secondary N) is 1. The van der Waals surface area contributed by atoms with Crippen molar-refractivity contribution in [3.63, 3.8) is 0 Å². The molecule has 1 aromatic heterocycles. The Morgan fingerprint density at radius 3 is 2.38 bits per heavy atom. The maximum Gasteiger partial charge on any atom is 0.255 e. The second-order valence-electron chi connectivity index (χ2n) is 10.1. The molecule has 0 bridgehead atoms. The second kappa shape index (κ2) is 9.38. The maximum absolute atomic E-state index is 14.4.